The number of guanidine groups is 1. The summed E-state index contributed by atoms with van der Waals surface area (Å²) in [6.07, 6.45) is 1.05. The standard InChI is InChI=1S/C10H14N4O3S.ClH/c1-13-7-4-3-6(9(15)14-10(11)12)5-8(7)18(2,16)17;/h3-5,13H,1-2H3,(H4,11,12,14,15);1H. The summed E-state index contributed by atoms with van der Waals surface area (Å²) in [7, 11) is -1.87. The van der Waals surface area contributed by atoms with Gasteiger partial charge in [-0.1, -0.05) is 0 Å². The van der Waals surface area contributed by atoms with Crippen molar-refractivity contribution in [1.29, 1.82) is 5.41 Å². The molecule has 0 unspecified atom stereocenters. The second-order valence-electron chi connectivity index (χ2n) is 3.60. The lowest BCUT2D eigenvalue weighted by atomic mass is 10.2. The Bertz CT molecular complexity index is 601. The summed E-state index contributed by atoms with van der Waals surface area (Å²) in [5.41, 5.74) is 5.55. The zero-order chi connectivity index (χ0) is 13.9. The van der Waals surface area contributed by atoms with Crippen LogP contribution in [0.4, 0.5) is 5.69 Å². The summed E-state index contributed by atoms with van der Waals surface area (Å²) in [6, 6.07) is 4.16. The van der Waals surface area contributed by atoms with Gasteiger partial charge < -0.3 is 11.1 Å². The number of carbonyl (C=O) groups excluding carboxylic acids is 1. The van der Waals surface area contributed by atoms with Crippen molar-refractivity contribution in [3.05, 3.63) is 23.8 Å². The van der Waals surface area contributed by atoms with Crippen LogP contribution in [-0.2, 0) is 9.84 Å². The molecule has 1 aromatic rings. The van der Waals surface area contributed by atoms with Crippen LogP contribution in [0.15, 0.2) is 23.1 Å². The Balaban J connectivity index is 0.00000324. The van der Waals surface area contributed by atoms with Crippen LogP contribution in [-0.4, -0.2) is 33.6 Å². The summed E-state index contributed by atoms with van der Waals surface area (Å²) < 4.78 is 23.1. The van der Waals surface area contributed by atoms with E-state index >= 15 is 0 Å². The molecule has 0 atom stereocenters. The average molecular weight is 307 g/mol. The first-order chi connectivity index (χ1) is 8.25. The summed E-state index contributed by atoms with van der Waals surface area (Å²) in [5, 5.41) is 11.8. The highest BCUT2D eigenvalue weighted by Gasteiger charge is 2.16. The van der Waals surface area contributed by atoms with Crippen molar-refractivity contribution < 1.29 is 13.2 Å². The van der Waals surface area contributed by atoms with E-state index in [0.717, 1.165) is 6.26 Å². The number of amides is 1. The normalized spacial score (nSPS) is 10.2. The number of halogens is 1. The van der Waals surface area contributed by atoms with E-state index in [1.807, 2.05) is 0 Å². The van der Waals surface area contributed by atoms with E-state index in [9.17, 15) is 13.2 Å². The molecule has 106 valence electrons. The molecule has 0 spiro atoms. The average Bonchev–Trinajstić information content (AvgIpc) is 2.26. The summed E-state index contributed by atoms with van der Waals surface area (Å²) in [4.78, 5) is 11.6. The molecular formula is C10H15ClN4O3S. The van der Waals surface area contributed by atoms with E-state index in [2.05, 4.69) is 10.6 Å². The molecule has 0 heterocycles. The largest absolute Gasteiger partial charge is 0.387 e. The molecule has 5 N–H and O–H groups in total. The maximum atomic E-state index is 11.6. The zero-order valence-electron chi connectivity index (χ0n) is 10.4. The smallest absolute Gasteiger partial charge is 0.257 e. The number of hydrogen-bond donors (Lipinski definition) is 4. The van der Waals surface area contributed by atoms with E-state index in [1.165, 1.54) is 18.2 Å². The molecule has 0 radical (unpaired) electrons. The number of sulfone groups is 1. The van der Waals surface area contributed by atoms with Crippen molar-refractivity contribution in [2.45, 2.75) is 4.90 Å². The Kier molecular flexibility index (Phi) is 5.79. The molecule has 1 aromatic carbocycles. The second-order valence-corrected chi connectivity index (χ2v) is 5.59. The van der Waals surface area contributed by atoms with Crippen LogP contribution < -0.4 is 16.4 Å². The molecule has 0 fully saturated rings. The fourth-order valence-electron chi connectivity index (χ4n) is 1.37. The fraction of sp³-hybridized carbons (Fsp3) is 0.200. The molecule has 1 amide bonds. The van der Waals surface area contributed by atoms with Gasteiger partial charge in [-0.05, 0) is 18.2 Å². The Labute approximate surface area is 117 Å². The first kappa shape index (κ1) is 17.2. The number of carbonyl (C=O) groups is 1. The van der Waals surface area contributed by atoms with Crippen LogP contribution in [0.3, 0.4) is 0 Å². The fourth-order valence-corrected chi connectivity index (χ4v) is 2.28. The molecular weight excluding hydrogens is 292 g/mol. The minimum Gasteiger partial charge on any atom is -0.387 e. The van der Waals surface area contributed by atoms with Gasteiger partial charge in [0.15, 0.2) is 15.8 Å². The Morgan fingerprint density at radius 3 is 2.37 bits per heavy atom. The van der Waals surface area contributed by atoms with Crippen LogP contribution in [0.25, 0.3) is 0 Å². The topological polar surface area (TPSA) is 125 Å². The molecule has 0 aliphatic heterocycles. The number of rotatable bonds is 3. The van der Waals surface area contributed by atoms with E-state index in [1.54, 1.807) is 7.05 Å². The maximum absolute atomic E-state index is 11.6. The zero-order valence-corrected chi connectivity index (χ0v) is 12.0. The Morgan fingerprint density at radius 1 is 1.37 bits per heavy atom. The third kappa shape index (κ3) is 4.42. The van der Waals surface area contributed by atoms with Gasteiger partial charge >= 0.3 is 0 Å². The van der Waals surface area contributed by atoms with Crippen LogP contribution >= 0.6 is 12.4 Å². The molecule has 0 saturated carbocycles. The molecule has 1 rings (SSSR count). The van der Waals surface area contributed by atoms with E-state index < -0.39 is 21.7 Å². The molecule has 0 aliphatic carbocycles. The Hall–Kier alpha value is -1.80. The molecule has 0 aromatic heterocycles. The molecule has 9 heteroatoms. The highest BCUT2D eigenvalue weighted by Crippen LogP contribution is 2.22. The van der Waals surface area contributed by atoms with Gasteiger partial charge in [0.2, 0.25) is 0 Å². The van der Waals surface area contributed by atoms with Gasteiger partial charge in [-0.15, -0.1) is 12.4 Å². The molecule has 0 bridgehead atoms. The third-order valence-corrected chi connectivity index (χ3v) is 3.30. The molecule has 7 nitrogen and oxygen atoms in total. The van der Waals surface area contributed by atoms with Crippen molar-refractivity contribution >= 4 is 39.8 Å². The number of nitrogens with one attached hydrogen (secondary N) is 3. The van der Waals surface area contributed by atoms with Crippen molar-refractivity contribution in [2.75, 3.05) is 18.6 Å². The van der Waals surface area contributed by atoms with Crippen molar-refractivity contribution in [2.24, 2.45) is 5.73 Å². The van der Waals surface area contributed by atoms with Crippen LogP contribution in [0.5, 0.6) is 0 Å². The predicted octanol–water partition coefficient (Wildman–Crippen LogP) is 0.177. The SMILES string of the molecule is CNc1ccc(C(=O)NC(=N)N)cc1S(C)(=O)=O.Cl. The Morgan fingerprint density at radius 2 is 1.95 bits per heavy atom. The lowest BCUT2D eigenvalue weighted by molar-refractivity contribution is 0.0976. The number of benzene rings is 1. The van der Waals surface area contributed by atoms with Crippen LogP contribution in [0, 0.1) is 5.41 Å². The van der Waals surface area contributed by atoms with E-state index in [0.29, 0.717) is 5.69 Å². The van der Waals surface area contributed by atoms with Crippen molar-refractivity contribution in [3.8, 4) is 0 Å². The number of nitrogens with two attached hydrogens (primary N) is 1. The first-order valence-corrected chi connectivity index (χ1v) is 6.82. The highest BCUT2D eigenvalue weighted by molar-refractivity contribution is 7.90. The molecule has 19 heavy (non-hydrogen) atoms. The highest BCUT2D eigenvalue weighted by atomic mass is 35.5. The summed E-state index contributed by atoms with van der Waals surface area (Å²) in [6.45, 7) is 0. The maximum Gasteiger partial charge on any atom is 0.257 e. The first-order valence-electron chi connectivity index (χ1n) is 4.93. The minimum atomic E-state index is -3.46. The monoisotopic (exact) mass is 306 g/mol. The van der Waals surface area contributed by atoms with Crippen LogP contribution in [0.2, 0.25) is 0 Å². The summed E-state index contributed by atoms with van der Waals surface area (Å²) >= 11 is 0. The van der Waals surface area contributed by atoms with Gasteiger partial charge in [0, 0.05) is 18.9 Å². The molecule has 0 aliphatic rings. The van der Waals surface area contributed by atoms with E-state index in [-0.39, 0.29) is 22.9 Å². The van der Waals surface area contributed by atoms with Gasteiger partial charge in [-0.3, -0.25) is 15.5 Å². The predicted molar refractivity (Wildman–Crippen MR) is 75.7 cm³/mol. The van der Waals surface area contributed by atoms with Crippen molar-refractivity contribution in [1.82, 2.24) is 5.32 Å². The molecule has 0 saturated heterocycles. The van der Waals surface area contributed by atoms with Crippen LogP contribution in [0.1, 0.15) is 10.4 Å². The van der Waals surface area contributed by atoms with Gasteiger partial charge in [0.05, 0.1) is 10.6 Å². The summed E-state index contributed by atoms with van der Waals surface area (Å²) in [5.74, 6) is -1.13. The lowest BCUT2D eigenvalue weighted by Gasteiger charge is -2.09. The minimum absolute atomic E-state index is 0. The van der Waals surface area contributed by atoms with Gasteiger partial charge in [0.1, 0.15) is 0 Å². The van der Waals surface area contributed by atoms with Crippen molar-refractivity contribution in [3.63, 3.8) is 0 Å². The van der Waals surface area contributed by atoms with E-state index in [4.69, 9.17) is 11.1 Å². The van der Waals surface area contributed by atoms with Gasteiger partial charge in [-0.25, -0.2) is 8.42 Å². The van der Waals surface area contributed by atoms with Gasteiger partial charge in [-0.2, -0.15) is 0 Å². The second kappa shape index (κ2) is 6.39. The third-order valence-electron chi connectivity index (χ3n) is 2.16. The van der Waals surface area contributed by atoms with Gasteiger partial charge in [0.25, 0.3) is 5.91 Å². The number of anilines is 1. The quantitative estimate of drug-likeness (QED) is 0.468. The lowest BCUT2D eigenvalue weighted by Crippen LogP contribution is -2.35. The number of hydrogen-bond acceptors (Lipinski definition) is 5.